The number of fused-ring (bicyclic) bond motifs is 1. The maximum Gasteiger partial charge on any atom is 0.102 e. The third-order valence-electron chi connectivity index (χ3n) is 3.39. The zero-order chi connectivity index (χ0) is 13.1. The lowest BCUT2D eigenvalue weighted by Gasteiger charge is -2.30. The van der Waals surface area contributed by atoms with E-state index in [0.717, 1.165) is 16.5 Å². The van der Waals surface area contributed by atoms with Crippen LogP contribution < -0.4 is 11.3 Å². The van der Waals surface area contributed by atoms with E-state index in [1.165, 1.54) is 0 Å². The number of aromatic nitrogens is 1. The summed E-state index contributed by atoms with van der Waals surface area (Å²) in [5, 5.41) is 1.09. The van der Waals surface area contributed by atoms with Crippen LogP contribution in [0.2, 0.25) is 0 Å². The van der Waals surface area contributed by atoms with Crippen LogP contribution in [0.4, 0.5) is 0 Å². The van der Waals surface area contributed by atoms with Crippen molar-refractivity contribution in [1.29, 1.82) is 0 Å². The molecule has 1 aliphatic heterocycles. The number of benzene rings is 1. The van der Waals surface area contributed by atoms with Crippen LogP contribution in [0, 0.1) is 0 Å². The highest BCUT2D eigenvalue weighted by atomic mass is 16.6. The van der Waals surface area contributed by atoms with Crippen LogP contribution in [-0.4, -0.2) is 30.9 Å². The standard InChI is InChI=1S/C14H17N3O2/c15-17-14(12-9-18-7-8-19-12)11-5-1-3-10-4-2-6-16-13(10)11/h1-6,12,14,17H,7-9,15H2. The van der Waals surface area contributed by atoms with Crippen LogP contribution in [0.1, 0.15) is 11.6 Å². The minimum atomic E-state index is -0.126. The summed E-state index contributed by atoms with van der Waals surface area (Å²) in [7, 11) is 0. The average Bonchev–Trinajstić information content (AvgIpc) is 2.49. The third-order valence-corrected chi connectivity index (χ3v) is 3.39. The summed E-state index contributed by atoms with van der Waals surface area (Å²) >= 11 is 0. The SMILES string of the molecule is NNC(c1cccc2cccnc12)C1COCCO1. The van der Waals surface area contributed by atoms with E-state index in [4.69, 9.17) is 15.3 Å². The van der Waals surface area contributed by atoms with Gasteiger partial charge in [0.05, 0.1) is 31.4 Å². The van der Waals surface area contributed by atoms with Crippen LogP contribution in [0.3, 0.4) is 0 Å². The van der Waals surface area contributed by atoms with Crippen LogP contribution in [-0.2, 0) is 9.47 Å². The van der Waals surface area contributed by atoms with E-state index in [1.807, 2.05) is 30.3 Å². The second-order valence-electron chi connectivity index (χ2n) is 4.55. The van der Waals surface area contributed by atoms with E-state index in [-0.39, 0.29) is 12.1 Å². The molecule has 1 aromatic heterocycles. The molecule has 0 aliphatic carbocycles. The molecule has 1 saturated heterocycles. The highest BCUT2D eigenvalue weighted by molar-refractivity contribution is 5.82. The van der Waals surface area contributed by atoms with E-state index in [1.54, 1.807) is 6.20 Å². The predicted molar refractivity (Wildman–Crippen MR) is 72.4 cm³/mol. The average molecular weight is 259 g/mol. The van der Waals surface area contributed by atoms with Crippen molar-refractivity contribution in [1.82, 2.24) is 10.4 Å². The topological polar surface area (TPSA) is 69.4 Å². The maximum atomic E-state index is 5.74. The molecule has 0 bridgehead atoms. The van der Waals surface area contributed by atoms with Crippen LogP contribution in [0.25, 0.3) is 10.9 Å². The van der Waals surface area contributed by atoms with Crippen molar-refractivity contribution >= 4 is 10.9 Å². The lowest BCUT2D eigenvalue weighted by molar-refractivity contribution is -0.102. The number of hydrogen-bond acceptors (Lipinski definition) is 5. The number of ether oxygens (including phenoxy) is 2. The Labute approximate surface area is 111 Å². The molecule has 5 heteroatoms. The smallest absolute Gasteiger partial charge is 0.102 e. The minimum Gasteiger partial charge on any atom is -0.376 e. The van der Waals surface area contributed by atoms with Gasteiger partial charge in [-0.25, -0.2) is 0 Å². The first kappa shape index (κ1) is 12.5. The van der Waals surface area contributed by atoms with Gasteiger partial charge >= 0.3 is 0 Å². The van der Waals surface area contributed by atoms with Gasteiger partial charge in [-0.1, -0.05) is 24.3 Å². The summed E-state index contributed by atoms with van der Waals surface area (Å²) in [4.78, 5) is 4.45. The fourth-order valence-electron chi connectivity index (χ4n) is 2.47. The first-order valence-electron chi connectivity index (χ1n) is 6.39. The number of hydrogen-bond donors (Lipinski definition) is 2. The van der Waals surface area contributed by atoms with Gasteiger partial charge in [-0.2, -0.15) is 0 Å². The first-order chi connectivity index (χ1) is 9.40. The molecule has 2 atom stereocenters. The molecular formula is C14H17N3O2. The number of nitrogens with zero attached hydrogens (tertiary/aromatic N) is 1. The van der Waals surface area contributed by atoms with Crippen molar-refractivity contribution in [3.05, 3.63) is 42.1 Å². The number of hydrazine groups is 1. The number of para-hydroxylation sites is 1. The molecule has 19 heavy (non-hydrogen) atoms. The largest absolute Gasteiger partial charge is 0.376 e. The zero-order valence-electron chi connectivity index (χ0n) is 10.6. The highest BCUT2D eigenvalue weighted by Crippen LogP contribution is 2.26. The second-order valence-corrected chi connectivity index (χ2v) is 4.55. The quantitative estimate of drug-likeness (QED) is 0.639. The second kappa shape index (κ2) is 5.63. The summed E-state index contributed by atoms with van der Waals surface area (Å²) in [6.45, 7) is 1.78. The molecule has 100 valence electrons. The lowest BCUT2D eigenvalue weighted by Crippen LogP contribution is -2.43. The van der Waals surface area contributed by atoms with Crippen LogP contribution >= 0.6 is 0 Å². The first-order valence-corrected chi connectivity index (χ1v) is 6.39. The van der Waals surface area contributed by atoms with Gasteiger partial charge < -0.3 is 9.47 Å². The minimum absolute atomic E-state index is 0.0913. The fraction of sp³-hybridized carbons (Fsp3) is 0.357. The summed E-state index contributed by atoms with van der Waals surface area (Å²) in [6.07, 6.45) is 1.70. The predicted octanol–water partition coefficient (Wildman–Crippen LogP) is 1.15. The molecule has 3 rings (SSSR count). The number of nitrogens with one attached hydrogen (secondary N) is 1. The van der Waals surface area contributed by atoms with Crippen molar-refractivity contribution in [2.45, 2.75) is 12.1 Å². The molecule has 1 aliphatic rings. The number of rotatable bonds is 3. The zero-order valence-corrected chi connectivity index (χ0v) is 10.6. The van der Waals surface area contributed by atoms with Crippen molar-refractivity contribution < 1.29 is 9.47 Å². The number of pyridine rings is 1. The van der Waals surface area contributed by atoms with Gasteiger partial charge in [0.1, 0.15) is 6.10 Å². The Bertz CT molecular complexity index is 550. The van der Waals surface area contributed by atoms with E-state index in [0.29, 0.717) is 19.8 Å². The van der Waals surface area contributed by atoms with Gasteiger partial charge in [0, 0.05) is 11.6 Å². The molecule has 1 aromatic carbocycles. The van der Waals surface area contributed by atoms with Gasteiger partial charge in [0.15, 0.2) is 0 Å². The van der Waals surface area contributed by atoms with Crippen molar-refractivity contribution in [2.75, 3.05) is 19.8 Å². The normalized spacial score (nSPS) is 21.4. The Hall–Kier alpha value is -1.53. The van der Waals surface area contributed by atoms with Gasteiger partial charge in [-0.05, 0) is 11.6 Å². The molecular weight excluding hydrogens is 242 g/mol. The van der Waals surface area contributed by atoms with Crippen molar-refractivity contribution in [2.24, 2.45) is 5.84 Å². The molecule has 0 radical (unpaired) electrons. The highest BCUT2D eigenvalue weighted by Gasteiger charge is 2.27. The molecule has 2 heterocycles. The Balaban J connectivity index is 2.00. The summed E-state index contributed by atoms with van der Waals surface area (Å²) < 4.78 is 11.2. The third kappa shape index (κ3) is 2.46. The van der Waals surface area contributed by atoms with Crippen LogP contribution in [0.15, 0.2) is 36.5 Å². The van der Waals surface area contributed by atoms with Gasteiger partial charge in [0.25, 0.3) is 0 Å². The molecule has 0 saturated carbocycles. The maximum absolute atomic E-state index is 5.74. The monoisotopic (exact) mass is 259 g/mol. The molecule has 2 aromatic rings. The Morgan fingerprint density at radius 3 is 2.95 bits per heavy atom. The molecule has 2 unspecified atom stereocenters. The van der Waals surface area contributed by atoms with Crippen molar-refractivity contribution in [3.8, 4) is 0 Å². The molecule has 5 nitrogen and oxygen atoms in total. The van der Waals surface area contributed by atoms with Gasteiger partial charge in [-0.15, -0.1) is 0 Å². The Kier molecular flexibility index (Phi) is 3.70. The van der Waals surface area contributed by atoms with Gasteiger partial charge in [0.2, 0.25) is 0 Å². The van der Waals surface area contributed by atoms with E-state index in [9.17, 15) is 0 Å². The molecule has 0 amide bonds. The summed E-state index contributed by atoms with van der Waals surface area (Å²) in [5.74, 6) is 5.71. The summed E-state index contributed by atoms with van der Waals surface area (Å²) in [6, 6.07) is 9.91. The van der Waals surface area contributed by atoms with E-state index >= 15 is 0 Å². The molecule has 3 N–H and O–H groups in total. The Morgan fingerprint density at radius 2 is 2.16 bits per heavy atom. The molecule has 0 spiro atoms. The van der Waals surface area contributed by atoms with E-state index < -0.39 is 0 Å². The lowest BCUT2D eigenvalue weighted by atomic mass is 9.98. The molecule has 1 fully saturated rings. The van der Waals surface area contributed by atoms with Crippen molar-refractivity contribution in [3.63, 3.8) is 0 Å². The fourth-order valence-corrected chi connectivity index (χ4v) is 2.47. The van der Waals surface area contributed by atoms with Crippen LogP contribution in [0.5, 0.6) is 0 Å². The Morgan fingerprint density at radius 1 is 1.26 bits per heavy atom. The van der Waals surface area contributed by atoms with E-state index in [2.05, 4.69) is 10.4 Å². The number of nitrogens with two attached hydrogens (primary N) is 1. The van der Waals surface area contributed by atoms with Gasteiger partial charge in [-0.3, -0.25) is 16.3 Å². The summed E-state index contributed by atoms with van der Waals surface area (Å²) in [5.41, 5.74) is 4.82.